The lowest BCUT2D eigenvalue weighted by Gasteiger charge is -2.15. The van der Waals surface area contributed by atoms with Crippen molar-refractivity contribution in [3.05, 3.63) is 105 Å². The summed E-state index contributed by atoms with van der Waals surface area (Å²) in [7, 11) is 0. The van der Waals surface area contributed by atoms with Crippen LogP contribution in [0.4, 0.5) is 5.69 Å². The van der Waals surface area contributed by atoms with Gasteiger partial charge in [0.15, 0.2) is 0 Å². The number of imide groups is 1. The molecule has 4 rings (SSSR count). The highest BCUT2D eigenvalue weighted by Gasteiger charge is 2.40. The van der Waals surface area contributed by atoms with Gasteiger partial charge in [-0.1, -0.05) is 77.8 Å². The minimum atomic E-state index is -0.323. The van der Waals surface area contributed by atoms with E-state index in [1.54, 1.807) is 24.3 Å². The van der Waals surface area contributed by atoms with Crippen molar-refractivity contribution < 1.29 is 9.59 Å². The third-order valence-corrected chi connectivity index (χ3v) is 6.05. The van der Waals surface area contributed by atoms with Gasteiger partial charge < -0.3 is 0 Å². The molecule has 0 radical (unpaired) electrons. The maximum absolute atomic E-state index is 13.3. The van der Waals surface area contributed by atoms with Gasteiger partial charge in [-0.3, -0.25) is 9.59 Å². The molecular formula is C24H18ClNO2S. The Morgan fingerprint density at radius 3 is 2.28 bits per heavy atom. The predicted molar refractivity (Wildman–Crippen MR) is 120 cm³/mol. The number of thioether (sulfide) groups is 1. The Labute approximate surface area is 179 Å². The molecule has 0 aromatic heterocycles. The molecule has 3 aromatic carbocycles. The Hall–Kier alpha value is -2.82. The molecule has 5 heteroatoms. The molecule has 0 fully saturated rings. The van der Waals surface area contributed by atoms with E-state index in [0.717, 1.165) is 16.7 Å². The Morgan fingerprint density at radius 1 is 0.862 bits per heavy atom. The van der Waals surface area contributed by atoms with Crippen LogP contribution in [0.1, 0.15) is 16.7 Å². The largest absolute Gasteiger partial charge is 0.272 e. The Morgan fingerprint density at radius 2 is 1.59 bits per heavy atom. The summed E-state index contributed by atoms with van der Waals surface area (Å²) in [5.41, 5.74) is 3.85. The summed E-state index contributed by atoms with van der Waals surface area (Å²) in [5.74, 6) is -0.0287. The van der Waals surface area contributed by atoms with E-state index in [2.05, 4.69) is 0 Å². The standard InChI is InChI=1S/C24H18ClNO2S/c1-16-10-12-18(13-11-16)21-22(29-15-17-6-3-2-4-7-17)24(28)26(23(21)27)20-9-5-8-19(25)14-20/h2-14H,15H2,1H3. The fourth-order valence-electron chi connectivity index (χ4n) is 3.20. The smallest absolute Gasteiger partial charge is 0.268 e. The molecule has 0 aliphatic carbocycles. The van der Waals surface area contributed by atoms with Crippen molar-refractivity contribution in [3.8, 4) is 0 Å². The van der Waals surface area contributed by atoms with Gasteiger partial charge in [-0.25, -0.2) is 4.90 Å². The minimum Gasteiger partial charge on any atom is -0.268 e. The van der Waals surface area contributed by atoms with E-state index in [9.17, 15) is 9.59 Å². The molecule has 0 saturated carbocycles. The molecule has 0 bridgehead atoms. The number of amides is 2. The van der Waals surface area contributed by atoms with Crippen LogP contribution in [0, 0.1) is 6.92 Å². The molecule has 3 nitrogen and oxygen atoms in total. The normalized spacial score (nSPS) is 14.1. The maximum Gasteiger partial charge on any atom is 0.272 e. The molecule has 1 heterocycles. The Kier molecular flexibility index (Phi) is 5.56. The van der Waals surface area contributed by atoms with Gasteiger partial charge in [0, 0.05) is 10.8 Å². The molecule has 0 saturated heterocycles. The Balaban J connectivity index is 1.75. The number of carbonyl (C=O) groups is 2. The average Bonchev–Trinajstić information content (AvgIpc) is 2.97. The first kappa shape index (κ1) is 19.5. The molecule has 2 amide bonds. The van der Waals surface area contributed by atoms with Gasteiger partial charge in [-0.05, 0) is 36.2 Å². The van der Waals surface area contributed by atoms with Gasteiger partial charge in [0.25, 0.3) is 11.8 Å². The van der Waals surface area contributed by atoms with Crippen LogP contribution >= 0.6 is 23.4 Å². The number of halogens is 1. The molecule has 1 aliphatic heterocycles. The summed E-state index contributed by atoms with van der Waals surface area (Å²) >= 11 is 7.49. The van der Waals surface area contributed by atoms with E-state index in [0.29, 0.717) is 26.9 Å². The van der Waals surface area contributed by atoms with Crippen LogP contribution in [0.15, 0.2) is 83.8 Å². The van der Waals surface area contributed by atoms with E-state index >= 15 is 0 Å². The quantitative estimate of drug-likeness (QED) is 0.485. The van der Waals surface area contributed by atoms with E-state index in [4.69, 9.17) is 11.6 Å². The second kappa shape index (κ2) is 8.27. The van der Waals surface area contributed by atoms with Gasteiger partial charge in [-0.2, -0.15) is 0 Å². The molecule has 0 N–H and O–H groups in total. The van der Waals surface area contributed by atoms with Crippen molar-refractivity contribution in [3.63, 3.8) is 0 Å². The van der Waals surface area contributed by atoms with Crippen LogP contribution in [0.2, 0.25) is 5.02 Å². The van der Waals surface area contributed by atoms with Crippen molar-refractivity contribution in [1.29, 1.82) is 0 Å². The number of rotatable bonds is 5. The molecule has 29 heavy (non-hydrogen) atoms. The van der Waals surface area contributed by atoms with Crippen molar-refractivity contribution in [2.24, 2.45) is 0 Å². The number of nitrogens with zero attached hydrogens (tertiary/aromatic N) is 1. The zero-order valence-electron chi connectivity index (χ0n) is 15.8. The van der Waals surface area contributed by atoms with Crippen LogP contribution in [0.5, 0.6) is 0 Å². The summed E-state index contributed by atoms with van der Waals surface area (Å²) in [6.45, 7) is 1.99. The molecular weight excluding hydrogens is 402 g/mol. The number of carbonyl (C=O) groups excluding carboxylic acids is 2. The summed E-state index contributed by atoms with van der Waals surface area (Å²) in [5, 5.41) is 0.477. The second-order valence-electron chi connectivity index (χ2n) is 6.77. The number of aryl methyl sites for hydroxylation is 1. The van der Waals surface area contributed by atoms with Crippen LogP contribution in [-0.2, 0) is 15.3 Å². The molecule has 0 spiro atoms. The third kappa shape index (κ3) is 4.00. The maximum atomic E-state index is 13.3. The number of anilines is 1. The molecule has 0 atom stereocenters. The van der Waals surface area contributed by atoms with Gasteiger partial charge in [-0.15, -0.1) is 11.8 Å². The van der Waals surface area contributed by atoms with Gasteiger partial charge >= 0.3 is 0 Å². The molecule has 144 valence electrons. The summed E-state index contributed by atoms with van der Waals surface area (Å²) in [4.78, 5) is 28.3. The summed E-state index contributed by atoms with van der Waals surface area (Å²) < 4.78 is 0. The average molecular weight is 420 g/mol. The highest BCUT2D eigenvalue weighted by molar-refractivity contribution is 8.03. The van der Waals surface area contributed by atoms with Gasteiger partial charge in [0.1, 0.15) is 0 Å². The summed E-state index contributed by atoms with van der Waals surface area (Å²) in [6, 6.07) is 24.4. The number of hydrogen-bond donors (Lipinski definition) is 0. The fraction of sp³-hybridized carbons (Fsp3) is 0.0833. The lowest BCUT2D eigenvalue weighted by molar-refractivity contribution is -0.119. The number of benzene rings is 3. The molecule has 1 aliphatic rings. The topological polar surface area (TPSA) is 37.4 Å². The Bertz CT molecular complexity index is 1110. The SMILES string of the molecule is Cc1ccc(C2=C(SCc3ccccc3)C(=O)N(c3cccc(Cl)c3)C2=O)cc1. The van der Waals surface area contributed by atoms with E-state index in [-0.39, 0.29) is 11.8 Å². The van der Waals surface area contributed by atoms with E-state index < -0.39 is 0 Å². The summed E-state index contributed by atoms with van der Waals surface area (Å²) in [6.07, 6.45) is 0. The fourth-order valence-corrected chi connectivity index (χ4v) is 4.45. The van der Waals surface area contributed by atoms with Crippen molar-refractivity contribution >= 4 is 46.4 Å². The van der Waals surface area contributed by atoms with Crippen LogP contribution in [0.3, 0.4) is 0 Å². The highest BCUT2D eigenvalue weighted by Crippen LogP contribution is 2.40. The number of hydrogen-bond acceptors (Lipinski definition) is 3. The van der Waals surface area contributed by atoms with Crippen molar-refractivity contribution in [1.82, 2.24) is 0 Å². The zero-order valence-corrected chi connectivity index (χ0v) is 17.3. The first-order chi connectivity index (χ1) is 14.0. The highest BCUT2D eigenvalue weighted by atomic mass is 35.5. The van der Waals surface area contributed by atoms with Crippen molar-refractivity contribution in [2.45, 2.75) is 12.7 Å². The van der Waals surface area contributed by atoms with Gasteiger partial charge in [0.05, 0.1) is 16.2 Å². The lowest BCUT2D eigenvalue weighted by atomic mass is 10.0. The second-order valence-corrected chi connectivity index (χ2v) is 8.19. The minimum absolute atomic E-state index is 0.311. The van der Waals surface area contributed by atoms with Crippen LogP contribution < -0.4 is 4.90 Å². The first-order valence-electron chi connectivity index (χ1n) is 9.17. The molecule has 0 unspecified atom stereocenters. The van der Waals surface area contributed by atoms with Crippen molar-refractivity contribution in [2.75, 3.05) is 4.90 Å². The van der Waals surface area contributed by atoms with E-state index in [1.807, 2.05) is 61.5 Å². The van der Waals surface area contributed by atoms with Crippen LogP contribution in [-0.4, -0.2) is 11.8 Å². The molecule has 3 aromatic rings. The van der Waals surface area contributed by atoms with E-state index in [1.165, 1.54) is 16.7 Å². The van der Waals surface area contributed by atoms with Crippen LogP contribution in [0.25, 0.3) is 5.57 Å². The lowest BCUT2D eigenvalue weighted by Crippen LogP contribution is -2.31. The monoisotopic (exact) mass is 419 g/mol. The first-order valence-corrected chi connectivity index (χ1v) is 10.5. The van der Waals surface area contributed by atoms with Gasteiger partial charge in [0.2, 0.25) is 0 Å². The third-order valence-electron chi connectivity index (χ3n) is 4.67. The zero-order chi connectivity index (χ0) is 20.4. The predicted octanol–water partition coefficient (Wildman–Crippen LogP) is 5.87.